The smallest absolute Gasteiger partial charge is 0.355 e. The van der Waals surface area contributed by atoms with Crippen LogP contribution in [0.15, 0.2) is 29.4 Å². The first-order valence-corrected chi connectivity index (χ1v) is 7.09. The van der Waals surface area contributed by atoms with Crippen LogP contribution in [0.2, 0.25) is 5.02 Å². The van der Waals surface area contributed by atoms with E-state index in [1.807, 2.05) is 6.07 Å². The fourth-order valence-electron chi connectivity index (χ4n) is 1.84. The molecule has 0 spiro atoms. The van der Waals surface area contributed by atoms with Gasteiger partial charge in [-0.15, -0.1) is 10.2 Å². The maximum absolute atomic E-state index is 12.0. The molecule has 0 aliphatic rings. The molecule has 0 aliphatic heterocycles. The van der Waals surface area contributed by atoms with Gasteiger partial charge >= 0.3 is 5.97 Å². The number of halogens is 1. The number of rotatable bonds is 5. The van der Waals surface area contributed by atoms with Crippen molar-refractivity contribution in [3.05, 3.63) is 40.7 Å². The van der Waals surface area contributed by atoms with Gasteiger partial charge in [-0.3, -0.25) is 0 Å². The lowest BCUT2D eigenvalue weighted by Crippen LogP contribution is -2.25. The minimum absolute atomic E-state index is 0.113. The van der Waals surface area contributed by atoms with Gasteiger partial charge in [-0.1, -0.05) is 23.7 Å². The highest BCUT2D eigenvalue weighted by atomic mass is 35.5. The van der Waals surface area contributed by atoms with E-state index in [1.54, 1.807) is 31.2 Å². The molecule has 0 saturated carbocycles. The molecular weight excluding hydrogens is 334 g/mol. The van der Waals surface area contributed by atoms with Crippen LogP contribution in [0, 0.1) is 18.3 Å². The van der Waals surface area contributed by atoms with Gasteiger partial charge < -0.3 is 10.6 Å². The van der Waals surface area contributed by atoms with E-state index in [9.17, 15) is 10.1 Å². The standard InChI is InChI=1S/C14H14ClN7O2/c1-8-18-20-14(22(8)17)21-19-12(13(23)24-2)11(7-16)9-3-5-10(15)6-4-9/h3-6,11H,17H2,1-2H3,(H,20,21)/b19-12+. The number of hydrazone groups is 1. The number of anilines is 1. The van der Waals surface area contributed by atoms with Crippen LogP contribution in [0.1, 0.15) is 17.3 Å². The predicted octanol–water partition coefficient (Wildman–Crippen LogP) is 1.20. The Morgan fingerprint density at radius 1 is 1.46 bits per heavy atom. The third-order valence-electron chi connectivity index (χ3n) is 3.14. The second-order valence-corrected chi connectivity index (χ2v) is 5.09. The van der Waals surface area contributed by atoms with Crippen LogP contribution in [0.25, 0.3) is 0 Å². The highest BCUT2D eigenvalue weighted by Crippen LogP contribution is 2.20. The summed E-state index contributed by atoms with van der Waals surface area (Å²) < 4.78 is 5.86. The van der Waals surface area contributed by atoms with E-state index in [4.69, 9.17) is 22.2 Å². The Labute approximate surface area is 142 Å². The number of nitrogens with two attached hydrogens (primary N) is 1. The molecule has 24 heavy (non-hydrogen) atoms. The van der Waals surface area contributed by atoms with Crippen molar-refractivity contribution >= 4 is 29.2 Å². The monoisotopic (exact) mass is 347 g/mol. The third kappa shape index (κ3) is 3.61. The highest BCUT2D eigenvalue weighted by Gasteiger charge is 2.26. The number of hydrogen-bond donors (Lipinski definition) is 2. The normalized spacial score (nSPS) is 12.3. The molecule has 1 unspecified atom stereocenters. The number of carbonyl (C=O) groups is 1. The van der Waals surface area contributed by atoms with Gasteiger partial charge in [0, 0.05) is 5.02 Å². The number of nitrogen functional groups attached to an aromatic ring is 1. The molecule has 1 aromatic carbocycles. The van der Waals surface area contributed by atoms with Crippen LogP contribution < -0.4 is 11.3 Å². The summed E-state index contributed by atoms with van der Waals surface area (Å²) in [6.07, 6.45) is 0. The molecule has 0 aliphatic carbocycles. The van der Waals surface area contributed by atoms with Crippen LogP contribution in [0.3, 0.4) is 0 Å². The number of hydrogen-bond acceptors (Lipinski definition) is 8. The van der Waals surface area contributed by atoms with E-state index in [1.165, 1.54) is 7.11 Å². The fraction of sp³-hybridized carbons (Fsp3) is 0.214. The zero-order valence-electron chi connectivity index (χ0n) is 12.9. The molecule has 2 aromatic rings. The summed E-state index contributed by atoms with van der Waals surface area (Å²) in [7, 11) is 1.20. The van der Waals surface area contributed by atoms with Crippen molar-refractivity contribution in [1.82, 2.24) is 14.9 Å². The number of esters is 1. The van der Waals surface area contributed by atoms with Crippen molar-refractivity contribution in [1.29, 1.82) is 5.26 Å². The van der Waals surface area contributed by atoms with E-state index in [0.29, 0.717) is 16.4 Å². The molecule has 1 heterocycles. The first kappa shape index (κ1) is 17.2. The number of aryl methyl sites for hydroxylation is 1. The molecular formula is C14H14ClN7O2. The van der Waals surface area contributed by atoms with Gasteiger partial charge in [0.2, 0.25) is 0 Å². The number of aromatic nitrogens is 3. The molecule has 124 valence electrons. The quantitative estimate of drug-likeness (QED) is 0.359. The lowest BCUT2D eigenvalue weighted by molar-refractivity contribution is -0.132. The number of carbonyl (C=O) groups excluding carboxylic acids is 1. The lowest BCUT2D eigenvalue weighted by atomic mass is 9.95. The van der Waals surface area contributed by atoms with Crippen LogP contribution >= 0.6 is 11.6 Å². The molecule has 1 atom stereocenters. The van der Waals surface area contributed by atoms with Gasteiger partial charge in [-0.25, -0.2) is 14.9 Å². The van der Waals surface area contributed by atoms with Crippen LogP contribution in [-0.4, -0.2) is 33.7 Å². The summed E-state index contributed by atoms with van der Waals surface area (Å²) in [4.78, 5) is 12.0. The molecule has 0 saturated heterocycles. The second kappa shape index (κ2) is 7.43. The molecule has 2 rings (SSSR count). The van der Waals surface area contributed by atoms with Gasteiger partial charge in [0.1, 0.15) is 5.92 Å². The largest absolute Gasteiger partial charge is 0.464 e. The topological polar surface area (TPSA) is 131 Å². The number of benzene rings is 1. The van der Waals surface area contributed by atoms with Gasteiger partial charge in [0.25, 0.3) is 5.95 Å². The van der Waals surface area contributed by atoms with Crippen LogP contribution in [0.5, 0.6) is 0 Å². The average molecular weight is 348 g/mol. The minimum atomic E-state index is -0.961. The summed E-state index contributed by atoms with van der Waals surface area (Å²) in [5.41, 5.74) is 2.91. The predicted molar refractivity (Wildman–Crippen MR) is 87.8 cm³/mol. The van der Waals surface area contributed by atoms with E-state index < -0.39 is 11.9 Å². The zero-order valence-corrected chi connectivity index (χ0v) is 13.7. The summed E-state index contributed by atoms with van der Waals surface area (Å²) in [6.45, 7) is 1.65. The molecule has 1 aromatic heterocycles. The number of methoxy groups -OCH3 is 1. The minimum Gasteiger partial charge on any atom is -0.464 e. The molecule has 3 N–H and O–H groups in total. The molecule has 10 heteroatoms. The Morgan fingerprint density at radius 3 is 2.62 bits per heavy atom. The van der Waals surface area contributed by atoms with Crippen molar-refractivity contribution in [2.24, 2.45) is 5.10 Å². The maximum Gasteiger partial charge on any atom is 0.355 e. The first-order valence-electron chi connectivity index (χ1n) is 6.72. The Balaban J connectivity index is 2.37. The number of ether oxygens (including phenoxy) is 1. The summed E-state index contributed by atoms with van der Waals surface area (Å²) in [5.74, 6) is 4.54. The van der Waals surface area contributed by atoms with E-state index >= 15 is 0 Å². The van der Waals surface area contributed by atoms with E-state index in [-0.39, 0.29) is 11.7 Å². The molecule has 0 amide bonds. The van der Waals surface area contributed by atoms with Gasteiger partial charge in [0.05, 0.1) is 13.2 Å². The van der Waals surface area contributed by atoms with Crippen LogP contribution in [0.4, 0.5) is 5.95 Å². The fourth-order valence-corrected chi connectivity index (χ4v) is 1.96. The maximum atomic E-state index is 12.0. The van der Waals surface area contributed by atoms with Gasteiger partial charge in [0.15, 0.2) is 11.5 Å². The SMILES string of the molecule is COC(=O)/C(=N/Nc1nnc(C)n1N)C(C#N)c1ccc(Cl)cc1. The second-order valence-electron chi connectivity index (χ2n) is 4.65. The Morgan fingerprint density at radius 2 is 2.12 bits per heavy atom. The molecule has 0 bridgehead atoms. The number of nitrogens with one attached hydrogen (secondary N) is 1. The zero-order chi connectivity index (χ0) is 17.7. The van der Waals surface area contributed by atoms with Crippen molar-refractivity contribution in [3.8, 4) is 6.07 Å². The summed E-state index contributed by atoms with van der Waals surface area (Å²) >= 11 is 5.84. The van der Waals surface area contributed by atoms with Gasteiger partial charge in [-0.2, -0.15) is 10.4 Å². The molecule has 9 nitrogen and oxygen atoms in total. The Hall–Kier alpha value is -3.12. The molecule has 0 fully saturated rings. The Kier molecular flexibility index (Phi) is 5.34. The lowest BCUT2D eigenvalue weighted by Gasteiger charge is -2.11. The van der Waals surface area contributed by atoms with Crippen molar-refractivity contribution in [3.63, 3.8) is 0 Å². The third-order valence-corrected chi connectivity index (χ3v) is 3.40. The number of nitriles is 1. The summed E-state index contributed by atoms with van der Waals surface area (Å²) in [5, 5.41) is 21.4. The summed E-state index contributed by atoms with van der Waals surface area (Å²) in [6, 6.07) is 8.51. The van der Waals surface area contributed by atoms with Crippen molar-refractivity contribution in [2.45, 2.75) is 12.8 Å². The van der Waals surface area contributed by atoms with Gasteiger partial charge in [-0.05, 0) is 24.6 Å². The molecule has 0 radical (unpaired) electrons. The average Bonchev–Trinajstić information content (AvgIpc) is 2.91. The Bertz CT molecular complexity index is 808. The number of nitrogens with zero attached hydrogens (tertiary/aromatic N) is 5. The van der Waals surface area contributed by atoms with E-state index in [2.05, 4.69) is 20.7 Å². The van der Waals surface area contributed by atoms with Crippen LogP contribution in [-0.2, 0) is 9.53 Å². The first-order chi connectivity index (χ1) is 11.5. The highest BCUT2D eigenvalue weighted by molar-refractivity contribution is 6.39. The van der Waals surface area contributed by atoms with Crippen molar-refractivity contribution in [2.75, 3.05) is 18.4 Å². The van der Waals surface area contributed by atoms with E-state index in [0.717, 1.165) is 4.68 Å². The van der Waals surface area contributed by atoms with Crippen molar-refractivity contribution < 1.29 is 9.53 Å².